The average Bonchev–Trinajstić information content (AvgIpc) is 2.46. The molecule has 1 amide bonds. The van der Waals surface area contributed by atoms with E-state index in [2.05, 4.69) is 5.43 Å². The van der Waals surface area contributed by atoms with Gasteiger partial charge in [0.15, 0.2) is 0 Å². The number of halogens is 1. The van der Waals surface area contributed by atoms with E-state index in [0.29, 0.717) is 0 Å². The lowest BCUT2D eigenvalue weighted by molar-refractivity contribution is 0.0993. The molecule has 2 rings (SSSR count). The molecule has 3 N–H and O–H groups in total. The zero-order valence-electron chi connectivity index (χ0n) is 11.4. The van der Waals surface area contributed by atoms with Gasteiger partial charge in [0, 0.05) is 12.7 Å². The predicted octanol–water partition coefficient (Wildman–Crippen LogP) is 2.70. The van der Waals surface area contributed by atoms with Crippen LogP contribution in [0.4, 0.5) is 15.8 Å². The van der Waals surface area contributed by atoms with Gasteiger partial charge in [0.25, 0.3) is 5.91 Å². The average molecular weight is 273 g/mol. The van der Waals surface area contributed by atoms with Gasteiger partial charge < -0.3 is 10.3 Å². The van der Waals surface area contributed by atoms with E-state index < -0.39 is 5.82 Å². The van der Waals surface area contributed by atoms with Crippen molar-refractivity contribution >= 4 is 17.3 Å². The second-order valence-electron chi connectivity index (χ2n) is 4.46. The van der Waals surface area contributed by atoms with E-state index in [4.69, 9.17) is 5.84 Å². The van der Waals surface area contributed by atoms with Crippen molar-refractivity contribution in [3.8, 4) is 0 Å². The molecule has 2 aromatic carbocycles. The Morgan fingerprint density at radius 2 is 1.90 bits per heavy atom. The van der Waals surface area contributed by atoms with Crippen LogP contribution >= 0.6 is 0 Å². The fraction of sp³-hybridized carbons (Fsp3) is 0.133. The smallest absolute Gasteiger partial charge is 0.260 e. The number of carbonyl (C=O) groups is 1. The SMILES string of the molecule is Cc1ccccc1N(C)C(=O)c1cccc(F)c1NN. The van der Waals surface area contributed by atoms with Crippen molar-refractivity contribution in [2.45, 2.75) is 6.92 Å². The fourth-order valence-corrected chi connectivity index (χ4v) is 2.08. The molecule has 2 aromatic rings. The van der Waals surface area contributed by atoms with E-state index in [0.717, 1.165) is 11.3 Å². The molecule has 0 aliphatic heterocycles. The van der Waals surface area contributed by atoms with Crippen LogP contribution in [0.2, 0.25) is 0 Å². The monoisotopic (exact) mass is 273 g/mol. The third-order valence-corrected chi connectivity index (χ3v) is 3.17. The number of amides is 1. The van der Waals surface area contributed by atoms with Crippen LogP contribution in [0, 0.1) is 12.7 Å². The molecule has 0 bridgehead atoms. The highest BCUT2D eigenvalue weighted by molar-refractivity contribution is 6.09. The van der Waals surface area contributed by atoms with Crippen molar-refractivity contribution in [2.75, 3.05) is 17.4 Å². The highest BCUT2D eigenvalue weighted by Gasteiger charge is 2.19. The van der Waals surface area contributed by atoms with Gasteiger partial charge in [-0.2, -0.15) is 0 Å². The number of rotatable bonds is 3. The maximum Gasteiger partial charge on any atom is 0.260 e. The predicted molar refractivity (Wildman–Crippen MR) is 78.1 cm³/mol. The van der Waals surface area contributed by atoms with Crippen LogP contribution < -0.4 is 16.2 Å². The Hall–Kier alpha value is -2.40. The molecule has 0 radical (unpaired) electrons. The Labute approximate surface area is 117 Å². The molecule has 20 heavy (non-hydrogen) atoms. The van der Waals surface area contributed by atoms with Crippen LogP contribution in [0.15, 0.2) is 42.5 Å². The second kappa shape index (κ2) is 5.71. The van der Waals surface area contributed by atoms with Gasteiger partial charge in [0.05, 0.1) is 11.3 Å². The van der Waals surface area contributed by atoms with Gasteiger partial charge in [0.1, 0.15) is 5.82 Å². The highest BCUT2D eigenvalue weighted by Crippen LogP contribution is 2.24. The van der Waals surface area contributed by atoms with Crippen molar-refractivity contribution in [1.29, 1.82) is 0 Å². The molecule has 0 spiro atoms. The number of hydrazine groups is 1. The molecule has 0 atom stereocenters. The van der Waals surface area contributed by atoms with Crippen molar-refractivity contribution in [3.63, 3.8) is 0 Å². The fourth-order valence-electron chi connectivity index (χ4n) is 2.08. The molecule has 0 aliphatic rings. The lowest BCUT2D eigenvalue weighted by Crippen LogP contribution is -2.28. The summed E-state index contributed by atoms with van der Waals surface area (Å²) in [5, 5.41) is 0. The first kappa shape index (κ1) is 14.0. The van der Waals surface area contributed by atoms with Crippen LogP contribution in [0.1, 0.15) is 15.9 Å². The Kier molecular flexibility index (Phi) is 4.00. The maximum absolute atomic E-state index is 13.6. The number of benzene rings is 2. The van der Waals surface area contributed by atoms with Gasteiger partial charge >= 0.3 is 0 Å². The summed E-state index contributed by atoms with van der Waals surface area (Å²) in [6, 6.07) is 11.8. The summed E-state index contributed by atoms with van der Waals surface area (Å²) in [6.07, 6.45) is 0. The molecule has 0 saturated heterocycles. The quantitative estimate of drug-likeness (QED) is 0.667. The molecular weight excluding hydrogens is 257 g/mol. The Balaban J connectivity index is 2.42. The van der Waals surface area contributed by atoms with Crippen LogP contribution in [-0.4, -0.2) is 13.0 Å². The van der Waals surface area contributed by atoms with Crippen LogP contribution in [0.3, 0.4) is 0 Å². The summed E-state index contributed by atoms with van der Waals surface area (Å²) in [5.74, 6) is 4.41. The largest absolute Gasteiger partial charge is 0.321 e. The highest BCUT2D eigenvalue weighted by atomic mass is 19.1. The van der Waals surface area contributed by atoms with Crippen LogP contribution in [-0.2, 0) is 0 Å². The zero-order chi connectivity index (χ0) is 14.7. The first-order valence-electron chi connectivity index (χ1n) is 6.15. The molecule has 0 heterocycles. The summed E-state index contributed by atoms with van der Waals surface area (Å²) in [7, 11) is 1.65. The van der Waals surface area contributed by atoms with Crippen molar-refractivity contribution in [1.82, 2.24) is 0 Å². The molecule has 0 aliphatic carbocycles. The zero-order valence-corrected chi connectivity index (χ0v) is 11.4. The summed E-state index contributed by atoms with van der Waals surface area (Å²) in [5.41, 5.74) is 4.16. The lowest BCUT2D eigenvalue weighted by atomic mass is 10.1. The second-order valence-corrected chi connectivity index (χ2v) is 4.46. The first-order chi connectivity index (χ1) is 9.56. The minimum absolute atomic E-state index is 0.00191. The number of nitrogens with zero attached hydrogens (tertiary/aromatic N) is 1. The molecule has 5 heteroatoms. The van der Waals surface area contributed by atoms with Gasteiger partial charge in [-0.1, -0.05) is 24.3 Å². The van der Waals surface area contributed by atoms with Gasteiger partial charge in [0.2, 0.25) is 0 Å². The maximum atomic E-state index is 13.6. The number of nitrogen functional groups attached to an aromatic ring is 1. The molecule has 0 saturated carbocycles. The van der Waals surface area contributed by atoms with Crippen molar-refractivity contribution in [3.05, 3.63) is 59.4 Å². The third-order valence-electron chi connectivity index (χ3n) is 3.17. The minimum atomic E-state index is -0.559. The molecule has 0 aromatic heterocycles. The molecule has 4 nitrogen and oxygen atoms in total. The van der Waals surface area contributed by atoms with E-state index in [1.54, 1.807) is 7.05 Å². The summed E-state index contributed by atoms with van der Waals surface area (Å²) >= 11 is 0. The Bertz CT molecular complexity index is 643. The van der Waals surface area contributed by atoms with Gasteiger partial charge in [-0.15, -0.1) is 0 Å². The first-order valence-corrected chi connectivity index (χ1v) is 6.15. The molecule has 0 fully saturated rings. The molecule has 0 unspecified atom stereocenters. The lowest BCUT2D eigenvalue weighted by Gasteiger charge is -2.21. The number of hydrogen-bond acceptors (Lipinski definition) is 3. The number of aryl methyl sites for hydroxylation is 1. The normalized spacial score (nSPS) is 10.2. The van der Waals surface area contributed by atoms with E-state index in [9.17, 15) is 9.18 Å². The molecule has 104 valence electrons. The Morgan fingerprint density at radius 1 is 1.20 bits per heavy atom. The summed E-state index contributed by atoms with van der Waals surface area (Å²) in [4.78, 5) is 14.0. The van der Waals surface area contributed by atoms with E-state index >= 15 is 0 Å². The summed E-state index contributed by atoms with van der Waals surface area (Å²) < 4.78 is 13.6. The van der Waals surface area contributed by atoms with Crippen LogP contribution in [0.25, 0.3) is 0 Å². The minimum Gasteiger partial charge on any atom is -0.321 e. The number of carbonyl (C=O) groups excluding carboxylic acids is 1. The van der Waals surface area contributed by atoms with Gasteiger partial charge in [-0.25, -0.2) is 4.39 Å². The van der Waals surface area contributed by atoms with E-state index in [-0.39, 0.29) is 17.2 Å². The number of anilines is 2. The van der Waals surface area contributed by atoms with Gasteiger partial charge in [-0.05, 0) is 30.7 Å². The third kappa shape index (κ3) is 2.48. The summed E-state index contributed by atoms with van der Waals surface area (Å²) in [6.45, 7) is 1.91. The standard InChI is InChI=1S/C15H16FN3O/c1-10-6-3-4-9-13(10)19(2)15(20)11-7-5-8-12(16)14(11)18-17/h3-9,18H,17H2,1-2H3. The number of nitrogens with two attached hydrogens (primary N) is 1. The molecular formula is C15H16FN3O. The number of nitrogens with one attached hydrogen (secondary N) is 1. The topological polar surface area (TPSA) is 58.4 Å². The Morgan fingerprint density at radius 3 is 2.55 bits per heavy atom. The van der Waals surface area contributed by atoms with Crippen LogP contribution in [0.5, 0.6) is 0 Å². The van der Waals surface area contributed by atoms with Crippen molar-refractivity contribution < 1.29 is 9.18 Å². The van der Waals surface area contributed by atoms with Gasteiger partial charge in [-0.3, -0.25) is 10.6 Å². The van der Waals surface area contributed by atoms with E-state index in [1.165, 1.54) is 23.1 Å². The number of hydrogen-bond donors (Lipinski definition) is 2. The number of para-hydroxylation sites is 2. The van der Waals surface area contributed by atoms with E-state index in [1.807, 2.05) is 31.2 Å². The van der Waals surface area contributed by atoms with Crippen molar-refractivity contribution in [2.24, 2.45) is 5.84 Å².